The normalized spacial score (nSPS) is 14.4. The molecule has 0 N–H and O–H groups in total. The van der Waals surface area contributed by atoms with E-state index >= 15 is 0 Å². The molecular formula is C23H23N5O3. The third-order valence-electron chi connectivity index (χ3n) is 5.98. The molecule has 1 fully saturated rings. The van der Waals surface area contributed by atoms with E-state index in [2.05, 4.69) is 10.00 Å². The van der Waals surface area contributed by atoms with Crippen molar-refractivity contribution in [1.29, 1.82) is 0 Å². The number of aromatic nitrogens is 3. The zero-order valence-electron chi connectivity index (χ0n) is 17.5. The number of piperazine rings is 1. The fourth-order valence-electron chi connectivity index (χ4n) is 4.19. The Morgan fingerprint density at radius 2 is 1.68 bits per heavy atom. The van der Waals surface area contributed by atoms with E-state index in [0.29, 0.717) is 29.7 Å². The van der Waals surface area contributed by atoms with Gasteiger partial charge in [-0.25, -0.2) is 4.52 Å². The second-order valence-electron chi connectivity index (χ2n) is 7.67. The van der Waals surface area contributed by atoms with Crippen LogP contribution in [0.25, 0.3) is 16.6 Å². The van der Waals surface area contributed by atoms with Gasteiger partial charge in [-0.1, -0.05) is 0 Å². The summed E-state index contributed by atoms with van der Waals surface area (Å²) in [5.41, 5.74) is 3.56. The van der Waals surface area contributed by atoms with Crippen LogP contribution in [0.1, 0.15) is 10.4 Å². The van der Waals surface area contributed by atoms with Crippen molar-refractivity contribution in [2.45, 2.75) is 0 Å². The maximum absolute atomic E-state index is 13.2. The number of ether oxygens (including phenoxy) is 1. The summed E-state index contributed by atoms with van der Waals surface area (Å²) in [5.74, 6) is 0.806. The lowest BCUT2D eigenvalue weighted by atomic mass is 10.1. The van der Waals surface area contributed by atoms with E-state index in [9.17, 15) is 9.59 Å². The van der Waals surface area contributed by atoms with Gasteiger partial charge in [0.25, 0.3) is 11.5 Å². The Bertz CT molecular complexity index is 1330. The minimum absolute atomic E-state index is 0.0238. The minimum Gasteiger partial charge on any atom is -0.497 e. The van der Waals surface area contributed by atoms with Crippen LogP contribution in [0.2, 0.25) is 0 Å². The highest BCUT2D eigenvalue weighted by Gasteiger charge is 2.23. The van der Waals surface area contributed by atoms with E-state index in [1.54, 1.807) is 41.6 Å². The molecule has 8 nitrogen and oxygen atoms in total. The number of benzene rings is 2. The number of anilines is 1. The topological polar surface area (TPSA) is 72.1 Å². The monoisotopic (exact) mass is 417 g/mol. The van der Waals surface area contributed by atoms with Crippen LogP contribution in [0, 0.1) is 0 Å². The van der Waals surface area contributed by atoms with Crippen LogP contribution in [0.15, 0.2) is 59.5 Å². The molecule has 5 rings (SSSR count). The largest absolute Gasteiger partial charge is 0.497 e. The lowest BCUT2D eigenvalue weighted by Gasteiger charge is -2.36. The van der Waals surface area contributed by atoms with E-state index in [1.807, 2.05) is 41.3 Å². The fourth-order valence-corrected chi connectivity index (χ4v) is 4.19. The molecule has 2 aromatic heterocycles. The molecule has 0 atom stereocenters. The molecule has 0 bridgehead atoms. The van der Waals surface area contributed by atoms with Crippen LogP contribution in [0.5, 0.6) is 5.75 Å². The van der Waals surface area contributed by atoms with E-state index < -0.39 is 0 Å². The molecule has 0 aliphatic carbocycles. The van der Waals surface area contributed by atoms with Crippen molar-refractivity contribution in [1.82, 2.24) is 19.1 Å². The molecule has 4 aromatic rings. The highest BCUT2D eigenvalue weighted by atomic mass is 16.5. The lowest BCUT2D eigenvalue weighted by molar-refractivity contribution is 0.0747. The number of carbonyl (C=O) groups excluding carboxylic acids is 1. The van der Waals surface area contributed by atoms with Crippen LogP contribution in [-0.2, 0) is 7.05 Å². The molecular weight excluding hydrogens is 394 g/mol. The average molecular weight is 417 g/mol. The predicted octanol–water partition coefficient (Wildman–Crippen LogP) is 2.16. The number of nitrogens with zero attached hydrogens (tertiary/aromatic N) is 5. The summed E-state index contributed by atoms with van der Waals surface area (Å²) in [6.07, 6.45) is 1.61. The average Bonchev–Trinajstić information content (AvgIpc) is 3.32. The van der Waals surface area contributed by atoms with Gasteiger partial charge in [0.05, 0.1) is 24.3 Å². The number of aryl methyl sites for hydroxylation is 1. The molecule has 0 saturated carbocycles. The van der Waals surface area contributed by atoms with E-state index in [0.717, 1.165) is 30.0 Å². The summed E-state index contributed by atoms with van der Waals surface area (Å²) >= 11 is 0. The van der Waals surface area contributed by atoms with Crippen molar-refractivity contribution in [2.75, 3.05) is 38.2 Å². The van der Waals surface area contributed by atoms with Gasteiger partial charge in [-0.2, -0.15) is 5.10 Å². The SMILES string of the molecule is COc1ccc(N2CCN(C(=O)c3ccc4c(c3)n(C)c(=O)c3ccnn34)CC2)cc1. The third kappa shape index (κ3) is 3.20. The van der Waals surface area contributed by atoms with Gasteiger partial charge in [-0.3, -0.25) is 9.59 Å². The first-order chi connectivity index (χ1) is 15.1. The number of amides is 1. The van der Waals surface area contributed by atoms with Gasteiger partial charge in [0.1, 0.15) is 11.3 Å². The van der Waals surface area contributed by atoms with Gasteiger partial charge in [-0.15, -0.1) is 0 Å². The quantitative estimate of drug-likeness (QED) is 0.511. The molecule has 8 heteroatoms. The summed E-state index contributed by atoms with van der Waals surface area (Å²) < 4.78 is 8.42. The van der Waals surface area contributed by atoms with Gasteiger partial charge in [-0.05, 0) is 48.5 Å². The second-order valence-corrected chi connectivity index (χ2v) is 7.67. The molecule has 31 heavy (non-hydrogen) atoms. The molecule has 1 saturated heterocycles. The standard InChI is InChI=1S/C23H23N5O3/c1-25-21-15-16(3-8-19(21)28-20(23(25)30)9-10-24-28)22(29)27-13-11-26(12-14-27)17-4-6-18(31-2)7-5-17/h3-10,15H,11-14H2,1-2H3. The fraction of sp³-hybridized carbons (Fsp3) is 0.261. The second kappa shape index (κ2) is 7.46. The van der Waals surface area contributed by atoms with Crippen molar-refractivity contribution >= 4 is 28.1 Å². The predicted molar refractivity (Wildman–Crippen MR) is 119 cm³/mol. The van der Waals surface area contributed by atoms with Crippen LogP contribution in [0.4, 0.5) is 5.69 Å². The van der Waals surface area contributed by atoms with Gasteiger partial charge in [0.15, 0.2) is 0 Å². The van der Waals surface area contributed by atoms with Gasteiger partial charge < -0.3 is 19.1 Å². The smallest absolute Gasteiger partial charge is 0.276 e. The molecule has 1 amide bonds. The van der Waals surface area contributed by atoms with Crippen LogP contribution < -0.4 is 15.2 Å². The Morgan fingerprint density at radius 1 is 0.935 bits per heavy atom. The summed E-state index contributed by atoms with van der Waals surface area (Å²) in [4.78, 5) is 29.9. The minimum atomic E-state index is -0.136. The van der Waals surface area contributed by atoms with Gasteiger partial charge in [0.2, 0.25) is 0 Å². The number of hydrogen-bond acceptors (Lipinski definition) is 5. The van der Waals surface area contributed by atoms with Gasteiger partial charge in [0, 0.05) is 44.5 Å². The first-order valence-corrected chi connectivity index (χ1v) is 10.2. The van der Waals surface area contributed by atoms with Crippen molar-refractivity contribution in [2.24, 2.45) is 7.05 Å². The van der Waals surface area contributed by atoms with Crippen molar-refractivity contribution in [3.63, 3.8) is 0 Å². The molecule has 1 aliphatic rings. The molecule has 3 heterocycles. The van der Waals surface area contributed by atoms with Crippen molar-refractivity contribution < 1.29 is 9.53 Å². The van der Waals surface area contributed by atoms with Crippen molar-refractivity contribution in [3.8, 4) is 5.75 Å². The third-order valence-corrected chi connectivity index (χ3v) is 5.98. The van der Waals surface area contributed by atoms with Gasteiger partial charge >= 0.3 is 0 Å². The molecule has 0 spiro atoms. The van der Waals surface area contributed by atoms with Crippen LogP contribution >= 0.6 is 0 Å². The summed E-state index contributed by atoms with van der Waals surface area (Å²) in [5, 5.41) is 4.26. The molecule has 2 aromatic carbocycles. The Balaban J connectivity index is 1.37. The van der Waals surface area contributed by atoms with Crippen molar-refractivity contribution in [3.05, 3.63) is 70.6 Å². The number of hydrogen-bond donors (Lipinski definition) is 0. The zero-order chi connectivity index (χ0) is 21.5. The molecule has 158 valence electrons. The first-order valence-electron chi connectivity index (χ1n) is 10.2. The van der Waals surface area contributed by atoms with Crippen LogP contribution in [-0.4, -0.2) is 58.3 Å². The summed E-state index contributed by atoms with van der Waals surface area (Å²) in [7, 11) is 3.38. The van der Waals surface area contributed by atoms with Crippen LogP contribution in [0.3, 0.4) is 0 Å². The Morgan fingerprint density at radius 3 is 2.39 bits per heavy atom. The number of methoxy groups -OCH3 is 1. The first kappa shape index (κ1) is 19.2. The van der Waals surface area contributed by atoms with E-state index in [1.165, 1.54) is 0 Å². The van der Waals surface area contributed by atoms with E-state index in [-0.39, 0.29) is 11.5 Å². The Labute approximate surface area is 178 Å². The molecule has 1 aliphatic heterocycles. The van der Waals surface area contributed by atoms with E-state index in [4.69, 9.17) is 4.74 Å². The zero-order valence-corrected chi connectivity index (χ0v) is 17.5. The highest BCUT2D eigenvalue weighted by molar-refractivity contribution is 5.97. The lowest BCUT2D eigenvalue weighted by Crippen LogP contribution is -2.48. The maximum atomic E-state index is 13.2. The highest BCUT2D eigenvalue weighted by Crippen LogP contribution is 2.22. The Kier molecular flexibility index (Phi) is 4.62. The Hall–Kier alpha value is -3.81. The molecule has 0 radical (unpaired) electrons. The maximum Gasteiger partial charge on any atom is 0.276 e. The number of fused-ring (bicyclic) bond motifs is 3. The number of rotatable bonds is 3. The molecule has 0 unspecified atom stereocenters. The summed E-state index contributed by atoms with van der Waals surface area (Å²) in [6.45, 7) is 2.80. The summed E-state index contributed by atoms with van der Waals surface area (Å²) in [6, 6.07) is 15.1. The number of carbonyl (C=O) groups is 1.